The van der Waals surface area contributed by atoms with Gasteiger partial charge < -0.3 is 4.90 Å². The highest BCUT2D eigenvalue weighted by Gasteiger charge is 2.19. The van der Waals surface area contributed by atoms with E-state index in [1.54, 1.807) is 28.8 Å². The maximum atomic E-state index is 12.0. The summed E-state index contributed by atoms with van der Waals surface area (Å²) in [6.07, 6.45) is 0. The van der Waals surface area contributed by atoms with Gasteiger partial charge in [-0.3, -0.25) is 5.32 Å². The molecule has 2 aromatic heterocycles. The Balaban J connectivity index is 2.02. The van der Waals surface area contributed by atoms with Crippen molar-refractivity contribution in [2.24, 2.45) is 0 Å². The first-order chi connectivity index (χ1) is 8.58. The van der Waals surface area contributed by atoms with E-state index in [4.69, 9.17) is 0 Å². The first-order valence-corrected chi connectivity index (χ1v) is 7.14. The molecule has 1 N–H and O–H groups in total. The number of aromatic nitrogens is 2. The molecule has 7 heteroatoms. The molecular formula is C11H14N4OS2. The van der Waals surface area contributed by atoms with Gasteiger partial charge in [0.15, 0.2) is 0 Å². The number of nitrogens with one attached hydrogen (secondary N) is 1. The average molecular weight is 282 g/mol. The third kappa shape index (κ3) is 2.85. The van der Waals surface area contributed by atoms with Crippen LogP contribution >= 0.6 is 22.7 Å². The number of rotatable bonds is 3. The fourth-order valence-corrected chi connectivity index (χ4v) is 2.86. The number of hydrogen-bond acceptors (Lipinski definition) is 5. The molecule has 1 atom stereocenters. The molecule has 0 spiro atoms. The van der Waals surface area contributed by atoms with Crippen molar-refractivity contribution in [3.63, 3.8) is 0 Å². The molecule has 2 rings (SSSR count). The maximum absolute atomic E-state index is 12.0. The van der Waals surface area contributed by atoms with E-state index >= 15 is 0 Å². The maximum Gasteiger partial charge on any atom is 0.323 e. The molecule has 2 aromatic rings. The van der Waals surface area contributed by atoms with E-state index < -0.39 is 0 Å². The average Bonchev–Trinajstić information content (AvgIpc) is 2.98. The number of thiophene rings is 1. The molecule has 0 aliphatic rings. The summed E-state index contributed by atoms with van der Waals surface area (Å²) in [5, 5.41) is 10.7. The molecule has 0 aliphatic heterocycles. The number of carbonyl (C=O) groups is 1. The minimum Gasteiger partial charge on any atom is -0.320 e. The molecule has 5 nitrogen and oxygen atoms in total. The zero-order chi connectivity index (χ0) is 13.1. The molecule has 2 heterocycles. The zero-order valence-corrected chi connectivity index (χ0v) is 12.0. The largest absolute Gasteiger partial charge is 0.323 e. The Hall–Kier alpha value is -1.47. The van der Waals surface area contributed by atoms with Gasteiger partial charge in [0.25, 0.3) is 0 Å². The van der Waals surface area contributed by atoms with Gasteiger partial charge in [-0.2, -0.15) is 0 Å². The predicted molar refractivity (Wildman–Crippen MR) is 74.2 cm³/mol. The van der Waals surface area contributed by atoms with Crippen molar-refractivity contribution in [3.8, 4) is 0 Å². The van der Waals surface area contributed by atoms with Crippen molar-refractivity contribution in [1.29, 1.82) is 0 Å². The molecule has 0 aromatic carbocycles. The molecular weight excluding hydrogens is 268 g/mol. The molecule has 0 bridgehead atoms. The van der Waals surface area contributed by atoms with E-state index in [-0.39, 0.29) is 12.1 Å². The lowest BCUT2D eigenvalue weighted by Gasteiger charge is -2.23. The fraction of sp³-hybridized carbons (Fsp3) is 0.364. The molecule has 96 valence electrons. The quantitative estimate of drug-likeness (QED) is 0.941. The normalized spacial score (nSPS) is 12.2. The van der Waals surface area contributed by atoms with Crippen LogP contribution in [0.25, 0.3) is 0 Å². The van der Waals surface area contributed by atoms with E-state index in [0.717, 1.165) is 0 Å². The van der Waals surface area contributed by atoms with Crippen molar-refractivity contribution < 1.29 is 4.79 Å². The smallest absolute Gasteiger partial charge is 0.320 e. The van der Waals surface area contributed by atoms with E-state index in [0.29, 0.717) is 5.13 Å². The van der Waals surface area contributed by atoms with Crippen LogP contribution in [-0.2, 0) is 0 Å². The lowest BCUT2D eigenvalue weighted by molar-refractivity contribution is 0.209. The van der Waals surface area contributed by atoms with Crippen LogP contribution in [0.15, 0.2) is 17.6 Å². The van der Waals surface area contributed by atoms with Crippen LogP contribution in [0.2, 0.25) is 0 Å². The van der Waals surface area contributed by atoms with Gasteiger partial charge in [-0.25, -0.2) is 4.79 Å². The second-order valence-corrected chi connectivity index (χ2v) is 6.06. The van der Waals surface area contributed by atoms with Crippen LogP contribution in [0.4, 0.5) is 9.93 Å². The van der Waals surface area contributed by atoms with Gasteiger partial charge in [-0.15, -0.1) is 21.5 Å². The first kappa shape index (κ1) is 13.0. The van der Waals surface area contributed by atoms with Crippen molar-refractivity contribution in [2.45, 2.75) is 19.9 Å². The Morgan fingerprint density at radius 3 is 2.83 bits per heavy atom. The number of anilines is 1. The zero-order valence-electron chi connectivity index (χ0n) is 10.4. The third-order valence-electron chi connectivity index (χ3n) is 2.65. The summed E-state index contributed by atoms with van der Waals surface area (Å²) >= 11 is 3.00. The van der Waals surface area contributed by atoms with Crippen molar-refractivity contribution in [2.75, 3.05) is 12.4 Å². The highest BCUT2D eigenvalue weighted by molar-refractivity contribution is 7.13. The molecule has 0 radical (unpaired) electrons. The van der Waals surface area contributed by atoms with Crippen molar-refractivity contribution in [3.05, 3.63) is 27.4 Å². The molecule has 2 amide bonds. The standard InChI is InChI=1S/C11H14N4OS2/c1-7-4-5-9(18-7)8(2)15(3)11(16)13-10-14-12-6-17-10/h4-6,8H,1-3H3,(H,13,14,16)/t8-/m0/s1. The first-order valence-electron chi connectivity index (χ1n) is 5.44. The van der Waals surface area contributed by atoms with Gasteiger partial charge in [-0.05, 0) is 26.0 Å². The molecule has 0 unspecified atom stereocenters. The fourth-order valence-electron chi connectivity index (χ4n) is 1.45. The van der Waals surface area contributed by atoms with E-state index in [1.165, 1.54) is 21.1 Å². The summed E-state index contributed by atoms with van der Waals surface area (Å²) in [4.78, 5) is 16.1. The Kier molecular flexibility index (Phi) is 3.93. The third-order valence-corrected chi connectivity index (χ3v) is 4.43. The molecule has 0 saturated carbocycles. The van der Waals surface area contributed by atoms with Gasteiger partial charge in [0, 0.05) is 16.8 Å². The van der Waals surface area contributed by atoms with Crippen molar-refractivity contribution >= 4 is 33.8 Å². The highest BCUT2D eigenvalue weighted by atomic mass is 32.1. The van der Waals surface area contributed by atoms with Crippen molar-refractivity contribution in [1.82, 2.24) is 15.1 Å². The number of hydrogen-bond donors (Lipinski definition) is 1. The molecule has 0 fully saturated rings. The lowest BCUT2D eigenvalue weighted by Crippen LogP contribution is -2.33. The number of nitrogens with zero attached hydrogens (tertiary/aromatic N) is 3. The van der Waals surface area contributed by atoms with Crippen LogP contribution in [0.1, 0.15) is 22.7 Å². The molecule has 0 saturated heterocycles. The summed E-state index contributed by atoms with van der Waals surface area (Å²) in [5.74, 6) is 0. The summed E-state index contributed by atoms with van der Waals surface area (Å²) in [6, 6.07) is 3.98. The summed E-state index contributed by atoms with van der Waals surface area (Å²) in [7, 11) is 1.77. The van der Waals surface area contributed by atoms with Crippen LogP contribution in [0.5, 0.6) is 0 Å². The predicted octanol–water partition coefficient (Wildman–Crippen LogP) is 3.13. The molecule has 0 aliphatic carbocycles. The second kappa shape index (κ2) is 5.45. The van der Waals surface area contributed by atoms with Gasteiger partial charge >= 0.3 is 6.03 Å². The SMILES string of the molecule is Cc1ccc([C@H](C)N(C)C(=O)Nc2nncs2)s1. The monoisotopic (exact) mass is 282 g/mol. The summed E-state index contributed by atoms with van der Waals surface area (Å²) < 4.78 is 0. The van der Waals surface area contributed by atoms with Crippen LogP contribution in [0, 0.1) is 6.92 Å². The Morgan fingerprint density at radius 2 is 2.28 bits per heavy atom. The number of amides is 2. The van der Waals surface area contributed by atoms with Crippen LogP contribution in [0.3, 0.4) is 0 Å². The topological polar surface area (TPSA) is 58.1 Å². The van der Waals surface area contributed by atoms with Crippen LogP contribution in [-0.4, -0.2) is 28.2 Å². The Labute approximate surface area is 113 Å². The van der Waals surface area contributed by atoms with Gasteiger partial charge in [-0.1, -0.05) is 11.3 Å². The highest BCUT2D eigenvalue weighted by Crippen LogP contribution is 2.26. The minimum absolute atomic E-state index is 0.0385. The minimum atomic E-state index is -0.176. The van der Waals surface area contributed by atoms with Gasteiger partial charge in [0.05, 0.1) is 6.04 Å². The summed E-state index contributed by atoms with van der Waals surface area (Å²) in [5.41, 5.74) is 1.58. The van der Waals surface area contributed by atoms with E-state index in [9.17, 15) is 4.79 Å². The second-order valence-electron chi connectivity index (χ2n) is 3.91. The Morgan fingerprint density at radius 1 is 1.50 bits per heavy atom. The number of carbonyl (C=O) groups excluding carboxylic acids is 1. The van der Waals surface area contributed by atoms with E-state index in [1.807, 2.05) is 6.92 Å². The Bertz CT molecular complexity index is 523. The lowest BCUT2D eigenvalue weighted by atomic mass is 10.2. The number of urea groups is 1. The van der Waals surface area contributed by atoms with Gasteiger partial charge in [0.1, 0.15) is 5.51 Å². The number of aryl methyl sites for hydroxylation is 1. The molecule has 18 heavy (non-hydrogen) atoms. The van der Waals surface area contributed by atoms with Gasteiger partial charge in [0.2, 0.25) is 5.13 Å². The summed E-state index contributed by atoms with van der Waals surface area (Å²) in [6.45, 7) is 4.06. The van der Waals surface area contributed by atoms with Crippen LogP contribution < -0.4 is 5.32 Å². The van der Waals surface area contributed by atoms with E-state index in [2.05, 4.69) is 34.6 Å².